The molecule has 1 heterocycles. The number of methoxy groups -OCH3 is 2. The summed E-state index contributed by atoms with van der Waals surface area (Å²) in [5.74, 6) is 0.657. The third-order valence-corrected chi connectivity index (χ3v) is 4.38. The maximum atomic E-state index is 13.4. The lowest BCUT2D eigenvalue weighted by molar-refractivity contribution is -0.126. The van der Waals surface area contributed by atoms with Gasteiger partial charge in [-0.1, -0.05) is 18.2 Å². The summed E-state index contributed by atoms with van der Waals surface area (Å²) in [7, 11) is 3.11. The molecular weight excluding hydrogens is 349 g/mol. The zero-order chi connectivity index (χ0) is 19.2. The fourth-order valence-electron chi connectivity index (χ4n) is 2.95. The molecule has 1 fully saturated rings. The molecular formula is C21H22FNO4. The Morgan fingerprint density at radius 2 is 1.81 bits per heavy atom. The van der Waals surface area contributed by atoms with Crippen LogP contribution in [0.15, 0.2) is 48.5 Å². The Morgan fingerprint density at radius 3 is 2.44 bits per heavy atom. The van der Waals surface area contributed by atoms with Crippen LogP contribution in [0.4, 0.5) is 4.39 Å². The third-order valence-electron chi connectivity index (χ3n) is 4.38. The zero-order valence-corrected chi connectivity index (χ0v) is 15.3. The van der Waals surface area contributed by atoms with Gasteiger partial charge >= 0.3 is 0 Å². The summed E-state index contributed by atoms with van der Waals surface area (Å²) < 4.78 is 29.6. The molecule has 1 aliphatic rings. The number of morpholine rings is 1. The predicted octanol–water partition coefficient (Wildman–Crippen LogP) is 2.83. The smallest absolute Gasteiger partial charge is 0.186 e. The Hall–Kier alpha value is -2.70. The number of benzene rings is 2. The highest BCUT2D eigenvalue weighted by molar-refractivity contribution is 6.03. The van der Waals surface area contributed by atoms with Crippen molar-refractivity contribution in [1.29, 1.82) is 0 Å². The summed E-state index contributed by atoms with van der Waals surface area (Å²) in [5.41, 5.74) is 2.15. The van der Waals surface area contributed by atoms with Crippen molar-refractivity contribution in [3.8, 4) is 11.5 Å². The zero-order valence-electron chi connectivity index (χ0n) is 15.3. The van der Waals surface area contributed by atoms with Crippen LogP contribution in [0.2, 0.25) is 0 Å². The van der Waals surface area contributed by atoms with Gasteiger partial charge in [-0.15, -0.1) is 0 Å². The van der Waals surface area contributed by atoms with Crippen molar-refractivity contribution < 1.29 is 23.4 Å². The summed E-state index contributed by atoms with van der Waals surface area (Å²) in [6.45, 7) is 1.69. The van der Waals surface area contributed by atoms with Gasteiger partial charge in [0.2, 0.25) is 0 Å². The van der Waals surface area contributed by atoms with Crippen molar-refractivity contribution in [2.75, 3.05) is 33.9 Å². The minimum absolute atomic E-state index is 0.142. The lowest BCUT2D eigenvalue weighted by Gasteiger charge is -2.22. The van der Waals surface area contributed by atoms with Gasteiger partial charge in [0.15, 0.2) is 17.3 Å². The summed E-state index contributed by atoms with van der Waals surface area (Å²) in [5, 5.41) is 3.15. The monoisotopic (exact) mass is 371 g/mol. The minimum Gasteiger partial charge on any atom is -0.493 e. The van der Waals surface area contributed by atoms with Gasteiger partial charge in [0.1, 0.15) is 11.9 Å². The molecule has 5 nitrogen and oxygen atoms in total. The van der Waals surface area contributed by atoms with E-state index in [1.807, 2.05) is 6.07 Å². The predicted molar refractivity (Wildman–Crippen MR) is 101 cm³/mol. The summed E-state index contributed by atoms with van der Waals surface area (Å²) in [6.07, 6.45) is 1.01. The molecule has 142 valence electrons. The quantitative estimate of drug-likeness (QED) is 0.792. The first kappa shape index (κ1) is 19.1. The Labute approximate surface area is 157 Å². The van der Waals surface area contributed by atoms with E-state index in [1.54, 1.807) is 44.6 Å². The second-order valence-corrected chi connectivity index (χ2v) is 6.10. The van der Waals surface area contributed by atoms with Crippen LogP contribution < -0.4 is 14.8 Å². The Kier molecular flexibility index (Phi) is 6.21. The normalized spacial score (nSPS) is 17.4. The molecule has 1 saturated heterocycles. The maximum absolute atomic E-state index is 13.4. The van der Waals surface area contributed by atoms with Crippen LogP contribution in [-0.2, 0) is 9.53 Å². The first-order valence-corrected chi connectivity index (χ1v) is 8.68. The number of ketones is 1. The van der Waals surface area contributed by atoms with Crippen molar-refractivity contribution in [3.05, 3.63) is 65.5 Å². The molecule has 1 N–H and O–H groups in total. The Balaban J connectivity index is 2.03. The number of carbonyl (C=O) groups is 1. The number of ether oxygens (including phenoxy) is 3. The molecule has 1 atom stereocenters. The van der Waals surface area contributed by atoms with Gasteiger partial charge in [0.05, 0.1) is 20.8 Å². The number of hydrogen-bond acceptors (Lipinski definition) is 5. The van der Waals surface area contributed by atoms with Crippen molar-refractivity contribution in [2.24, 2.45) is 0 Å². The average Bonchev–Trinajstić information content (AvgIpc) is 2.72. The molecule has 0 amide bonds. The fourth-order valence-corrected chi connectivity index (χ4v) is 2.95. The van der Waals surface area contributed by atoms with Crippen LogP contribution in [0.3, 0.4) is 0 Å². The van der Waals surface area contributed by atoms with E-state index in [0.29, 0.717) is 30.2 Å². The lowest BCUT2D eigenvalue weighted by atomic mass is 9.95. The SMILES string of the molecule is COc1ccc(/C(=C/C(=O)C2CNCCO2)c2ccc(F)cc2)cc1OC. The van der Waals surface area contributed by atoms with Crippen molar-refractivity contribution in [3.63, 3.8) is 0 Å². The highest BCUT2D eigenvalue weighted by atomic mass is 19.1. The van der Waals surface area contributed by atoms with Gasteiger partial charge < -0.3 is 19.5 Å². The highest BCUT2D eigenvalue weighted by Gasteiger charge is 2.21. The molecule has 6 heteroatoms. The second kappa shape index (κ2) is 8.79. The van der Waals surface area contributed by atoms with E-state index in [-0.39, 0.29) is 11.6 Å². The molecule has 3 rings (SSSR count). The second-order valence-electron chi connectivity index (χ2n) is 6.10. The molecule has 2 aromatic rings. The average molecular weight is 371 g/mol. The molecule has 0 radical (unpaired) electrons. The molecule has 0 bridgehead atoms. The first-order valence-electron chi connectivity index (χ1n) is 8.68. The van der Waals surface area contributed by atoms with E-state index in [0.717, 1.165) is 17.7 Å². The largest absolute Gasteiger partial charge is 0.493 e. The number of halogens is 1. The van der Waals surface area contributed by atoms with Gasteiger partial charge in [0.25, 0.3) is 0 Å². The van der Waals surface area contributed by atoms with Gasteiger partial charge in [-0.25, -0.2) is 4.39 Å². The van der Waals surface area contributed by atoms with Crippen molar-refractivity contribution in [2.45, 2.75) is 6.10 Å². The van der Waals surface area contributed by atoms with E-state index < -0.39 is 6.10 Å². The van der Waals surface area contributed by atoms with Crippen molar-refractivity contribution in [1.82, 2.24) is 5.32 Å². The number of carbonyl (C=O) groups excluding carboxylic acids is 1. The minimum atomic E-state index is -0.533. The van der Waals surface area contributed by atoms with Crippen LogP contribution in [0.1, 0.15) is 11.1 Å². The fraction of sp³-hybridized carbons (Fsp3) is 0.286. The third kappa shape index (κ3) is 4.53. The van der Waals surface area contributed by atoms with Crippen LogP contribution >= 0.6 is 0 Å². The molecule has 0 saturated carbocycles. The molecule has 0 aliphatic carbocycles. The van der Waals surface area contributed by atoms with Gasteiger partial charge in [-0.05, 0) is 47.0 Å². The number of rotatable bonds is 6. The van der Waals surface area contributed by atoms with Crippen LogP contribution in [-0.4, -0.2) is 45.8 Å². The van der Waals surface area contributed by atoms with Crippen LogP contribution in [0.25, 0.3) is 5.57 Å². The van der Waals surface area contributed by atoms with Gasteiger partial charge in [-0.3, -0.25) is 4.79 Å². The number of nitrogens with one attached hydrogen (secondary N) is 1. The van der Waals surface area contributed by atoms with Crippen molar-refractivity contribution >= 4 is 11.4 Å². The Morgan fingerprint density at radius 1 is 1.11 bits per heavy atom. The molecule has 1 unspecified atom stereocenters. The molecule has 2 aromatic carbocycles. The first-order chi connectivity index (χ1) is 13.1. The summed E-state index contributed by atoms with van der Waals surface area (Å²) >= 11 is 0. The van der Waals surface area contributed by atoms with Crippen LogP contribution in [0.5, 0.6) is 11.5 Å². The van der Waals surface area contributed by atoms with Gasteiger partial charge in [0, 0.05) is 13.1 Å². The molecule has 0 spiro atoms. The summed E-state index contributed by atoms with van der Waals surface area (Å²) in [6, 6.07) is 11.4. The van der Waals surface area contributed by atoms with Gasteiger partial charge in [-0.2, -0.15) is 0 Å². The molecule has 27 heavy (non-hydrogen) atoms. The van der Waals surface area contributed by atoms with E-state index in [1.165, 1.54) is 12.1 Å². The highest BCUT2D eigenvalue weighted by Crippen LogP contribution is 2.33. The van der Waals surface area contributed by atoms with E-state index in [4.69, 9.17) is 14.2 Å². The Bertz CT molecular complexity index is 827. The number of hydrogen-bond donors (Lipinski definition) is 1. The molecule has 1 aliphatic heterocycles. The standard InChI is InChI=1S/C21H22FNO4/c1-25-19-8-5-15(11-20(19)26-2)17(14-3-6-16(22)7-4-14)12-18(24)21-13-23-9-10-27-21/h3-8,11-12,21,23H,9-10,13H2,1-2H3/b17-12+. The van der Waals surface area contributed by atoms with E-state index in [2.05, 4.69) is 5.32 Å². The van der Waals surface area contributed by atoms with E-state index >= 15 is 0 Å². The summed E-state index contributed by atoms with van der Waals surface area (Å²) in [4.78, 5) is 12.7. The topological polar surface area (TPSA) is 56.8 Å². The lowest BCUT2D eigenvalue weighted by Crippen LogP contribution is -2.42. The van der Waals surface area contributed by atoms with Crippen LogP contribution in [0, 0.1) is 5.82 Å². The molecule has 0 aromatic heterocycles. The maximum Gasteiger partial charge on any atom is 0.186 e. The van der Waals surface area contributed by atoms with E-state index in [9.17, 15) is 9.18 Å².